The third-order valence-corrected chi connectivity index (χ3v) is 6.37. The van der Waals surface area contributed by atoms with Crippen LogP contribution in [0.1, 0.15) is 24.6 Å². The van der Waals surface area contributed by atoms with E-state index in [4.69, 9.17) is 0 Å². The van der Waals surface area contributed by atoms with E-state index in [0.29, 0.717) is 6.42 Å². The molecule has 0 spiro atoms. The number of carbonyl (C=O) groups is 2. The first kappa shape index (κ1) is 17.9. The standard InChI is InChI=1S/C20H19N3O2S2/c1-20(9-7-14-5-3-2-4-6-14)18(24)23(19(25)22-20)11-16-13-27-17(21-16)15-8-10-26-12-15/h2-6,8,10,12-13H,7,9,11H2,1H3,(H,22,25)/t20-/m0/s1. The largest absolute Gasteiger partial charge is 0.325 e. The minimum Gasteiger partial charge on any atom is -0.323 e. The minimum atomic E-state index is -0.876. The van der Waals surface area contributed by atoms with Crippen LogP contribution in [0.4, 0.5) is 4.79 Å². The average molecular weight is 398 g/mol. The summed E-state index contributed by atoms with van der Waals surface area (Å²) in [6.45, 7) is 2.00. The van der Waals surface area contributed by atoms with Crippen LogP contribution in [0.15, 0.2) is 52.5 Å². The van der Waals surface area contributed by atoms with E-state index in [1.807, 2.05) is 52.5 Å². The van der Waals surface area contributed by atoms with E-state index in [9.17, 15) is 9.59 Å². The molecule has 1 aromatic carbocycles. The van der Waals surface area contributed by atoms with Crippen LogP contribution in [0.3, 0.4) is 0 Å². The van der Waals surface area contributed by atoms with Crippen LogP contribution in [-0.4, -0.2) is 27.4 Å². The summed E-state index contributed by atoms with van der Waals surface area (Å²) in [5.74, 6) is -0.187. The molecule has 4 rings (SSSR count). The highest BCUT2D eigenvalue weighted by molar-refractivity contribution is 7.14. The Morgan fingerprint density at radius 3 is 2.70 bits per heavy atom. The predicted molar refractivity (Wildman–Crippen MR) is 108 cm³/mol. The van der Waals surface area contributed by atoms with E-state index in [0.717, 1.165) is 28.2 Å². The number of thiophene rings is 1. The van der Waals surface area contributed by atoms with Crippen molar-refractivity contribution in [2.24, 2.45) is 0 Å². The summed E-state index contributed by atoms with van der Waals surface area (Å²) in [6.07, 6.45) is 1.30. The van der Waals surface area contributed by atoms with Gasteiger partial charge in [-0.2, -0.15) is 11.3 Å². The van der Waals surface area contributed by atoms with Gasteiger partial charge in [-0.05, 0) is 36.8 Å². The Hall–Kier alpha value is -2.51. The van der Waals surface area contributed by atoms with Crippen molar-refractivity contribution < 1.29 is 9.59 Å². The number of thiazole rings is 1. The molecule has 1 aliphatic rings. The second-order valence-corrected chi connectivity index (χ2v) is 8.43. The highest BCUT2D eigenvalue weighted by atomic mass is 32.1. The molecule has 0 bridgehead atoms. The predicted octanol–water partition coefficient (Wildman–Crippen LogP) is 4.31. The van der Waals surface area contributed by atoms with Crippen LogP contribution in [0.5, 0.6) is 0 Å². The Balaban J connectivity index is 1.45. The molecule has 1 fully saturated rings. The number of rotatable bonds is 6. The second kappa shape index (κ2) is 7.25. The van der Waals surface area contributed by atoms with Crippen molar-refractivity contribution in [2.45, 2.75) is 31.8 Å². The van der Waals surface area contributed by atoms with E-state index in [1.165, 1.54) is 16.2 Å². The van der Waals surface area contributed by atoms with Crippen LogP contribution >= 0.6 is 22.7 Å². The van der Waals surface area contributed by atoms with Crippen LogP contribution in [0, 0.1) is 0 Å². The Morgan fingerprint density at radius 2 is 1.96 bits per heavy atom. The first-order valence-electron chi connectivity index (χ1n) is 8.70. The Labute approximate surface area is 165 Å². The molecule has 3 amide bonds. The Morgan fingerprint density at radius 1 is 1.15 bits per heavy atom. The number of imide groups is 1. The van der Waals surface area contributed by atoms with E-state index >= 15 is 0 Å². The SMILES string of the molecule is C[C@@]1(CCc2ccccc2)NC(=O)N(Cc2csc(-c3ccsc3)n2)C1=O. The third kappa shape index (κ3) is 3.65. The number of hydrogen-bond acceptors (Lipinski definition) is 5. The molecule has 138 valence electrons. The van der Waals surface area contributed by atoms with E-state index in [1.54, 1.807) is 18.3 Å². The molecule has 1 saturated heterocycles. The highest BCUT2D eigenvalue weighted by Gasteiger charge is 2.47. The van der Waals surface area contributed by atoms with Gasteiger partial charge >= 0.3 is 6.03 Å². The molecule has 0 aliphatic carbocycles. The fourth-order valence-corrected chi connectivity index (χ4v) is 4.68. The molecule has 0 saturated carbocycles. The van der Waals surface area contributed by atoms with Gasteiger partial charge in [-0.1, -0.05) is 30.3 Å². The third-order valence-electron chi connectivity index (χ3n) is 4.74. The molecule has 3 aromatic rings. The van der Waals surface area contributed by atoms with Crippen molar-refractivity contribution >= 4 is 34.6 Å². The van der Waals surface area contributed by atoms with Gasteiger partial charge in [0.1, 0.15) is 10.5 Å². The summed E-state index contributed by atoms with van der Waals surface area (Å²) in [5.41, 5.74) is 2.08. The highest BCUT2D eigenvalue weighted by Crippen LogP contribution is 2.28. The molecule has 7 heteroatoms. The zero-order chi connectivity index (χ0) is 18.9. The van der Waals surface area contributed by atoms with Crippen molar-refractivity contribution in [1.82, 2.24) is 15.2 Å². The monoisotopic (exact) mass is 397 g/mol. The molecule has 2 aromatic heterocycles. The number of aryl methyl sites for hydroxylation is 1. The van der Waals surface area contributed by atoms with Gasteiger partial charge in [0, 0.05) is 16.3 Å². The van der Waals surface area contributed by atoms with Gasteiger partial charge in [-0.25, -0.2) is 9.78 Å². The zero-order valence-electron chi connectivity index (χ0n) is 14.8. The number of amides is 3. The van der Waals surface area contributed by atoms with Crippen molar-refractivity contribution in [1.29, 1.82) is 0 Å². The normalized spacial score (nSPS) is 19.5. The lowest BCUT2D eigenvalue weighted by molar-refractivity contribution is -0.131. The maximum atomic E-state index is 12.9. The number of benzene rings is 1. The first-order chi connectivity index (χ1) is 13.0. The van der Waals surface area contributed by atoms with Crippen molar-refractivity contribution in [3.05, 3.63) is 63.8 Å². The number of carbonyl (C=O) groups excluding carboxylic acids is 2. The fraction of sp³-hybridized carbons (Fsp3) is 0.250. The summed E-state index contributed by atoms with van der Waals surface area (Å²) in [7, 11) is 0. The molecule has 1 aliphatic heterocycles. The molecule has 0 unspecified atom stereocenters. The Bertz CT molecular complexity index is 953. The smallest absolute Gasteiger partial charge is 0.323 e. The van der Waals surface area contributed by atoms with Gasteiger partial charge in [0.05, 0.1) is 12.2 Å². The average Bonchev–Trinajstić information content (AvgIpc) is 3.39. The molecule has 1 atom stereocenters. The van der Waals surface area contributed by atoms with Crippen molar-refractivity contribution in [2.75, 3.05) is 0 Å². The number of aromatic nitrogens is 1. The van der Waals surface area contributed by atoms with Gasteiger partial charge < -0.3 is 5.32 Å². The number of nitrogens with zero attached hydrogens (tertiary/aromatic N) is 2. The van der Waals surface area contributed by atoms with Gasteiger partial charge in [0.15, 0.2) is 0 Å². The maximum absolute atomic E-state index is 12.9. The van der Waals surface area contributed by atoms with Gasteiger partial charge in [0.25, 0.3) is 5.91 Å². The van der Waals surface area contributed by atoms with Crippen LogP contribution in [-0.2, 0) is 17.8 Å². The van der Waals surface area contributed by atoms with E-state index in [2.05, 4.69) is 10.3 Å². The quantitative estimate of drug-likeness (QED) is 0.630. The summed E-state index contributed by atoms with van der Waals surface area (Å²) >= 11 is 3.15. The van der Waals surface area contributed by atoms with Crippen LogP contribution in [0.2, 0.25) is 0 Å². The topological polar surface area (TPSA) is 62.3 Å². The molecule has 0 radical (unpaired) electrons. The van der Waals surface area contributed by atoms with Crippen LogP contribution in [0.25, 0.3) is 10.6 Å². The van der Waals surface area contributed by atoms with Gasteiger partial charge in [-0.3, -0.25) is 9.69 Å². The summed E-state index contributed by atoms with van der Waals surface area (Å²) < 4.78 is 0. The van der Waals surface area contributed by atoms with E-state index < -0.39 is 5.54 Å². The molecular formula is C20H19N3O2S2. The minimum absolute atomic E-state index is 0.187. The lowest BCUT2D eigenvalue weighted by atomic mass is 9.93. The Kier molecular flexibility index (Phi) is 4.80. The van der Waals surface area contributed by atoms with Gasteiger partial charge in [-0.15, -0.1) is 11.3 Å². The summed E-state index contributed by atoms with van der Waals surface area (Å²) in [6, 6.07) is 11.7. The molecule has 5 nitrogen and oxygen atoms in total. The maximum Gasteiger partial charge on any atom is 0.325 e. The molecule has 27 heavy (non-hydrogen) atoms. The molecule has 3 heterocycles. The second-order valence-electron chi connectivity index (χ2n) is 6.80. The fourth-order valence-electron chi connectivity index (χ4n) is 3.16. The van der Waals surface area contributed by atoms with Crippen LogP contribution < -0.4 is 5.32 Å². The number of nitrogens with one attached hydrogen (secondary N) is 1. The lowest BCUT2D eigenvalue weighted by Crippen LogP contribution is -2.44. The van der Waals surface area contributed by atoms with Crippen molar-refractivity contribution in [3.8, 4) is 10.6 Å². The number of hydrogen-bond donors (Lipinski definition) is 1. The number of urea groups is 1. The summed E-state index contributed by atoms with van der Waals surface area (Å²) in [5, 5.41) is 9.73. The summed E-state index contributed by atoms with van der Waals surface area (Å²) in [4.78, 5) is 31.2. The molecular weight excluding hydrogens is 378 g/mol. The first-order valence-corrected chi connectivity index (χ1v) is 10.5. The van der Waals surface area contributed by atoms with E-state index in [-0.39, 0.29) is 18.5 Å². The van der Waals surface area contributed by atoms with Crippen molar-refractivity contribution in [3.63, 3.8) is 0 Å². The lowest BCUT2D eigenvalue weighted by Gasteiger charge is -2.21. The zero-order valence-corrected chi connectivity index (χ0v) is 16.5. The molecule has 1 N–H and O–H groups in total. The van der Waals surface area contributed by atoms with Gasteiger partial charge in [0.2, 0.25) is 0 Å².